The Morgan fingerprint density at radius 1 is 1.44 bits per heavy atom. The van der Waals surface area contributed by atoms with Crippen molar-refractivity contribution in [1.29, 1.82) is 0 Å². The van der Waals surface area contributed by atoms with Crippen LogP contribution >= 0.6 is 11.3 Å². The molecule has 2 nitrogen and oxygen atoms in total. The van der Waals surface area contributed by atoms with Gasteiger partial charge in [0.1, 0.15) is 0 Å². The van der Waals surface area contributed by atoms with E-state index in [9.17, 15) is 13.2 Å². The molecule has 1 unspecified atom stereocenters. The molecule has 1 atom stereocenters. The van der Waals surface area contributed by atoms with Crippen molar-refractivity contribution in [3.63, 3.8) is 0 Å². The molecule has 3 N–H and O–H groups in total. The minimum atomic E-state index is -4.13. The summed E-state index contributed by atoms with van der Waals surface area (Å²) in [4.78, 5) is 1.98. The summed E-state index contributed by atoms with van der Waals surface area (Å²) in [5.41, 5.74) is 3.53. The second-order valence-electron chi connectivity index (χ2n) is 3.76. The van der Waals surface area contributed by atoms with Crippen molar-refractivity contribution < 1.29 is 13.2 Å². The number of aryl methyl sites for hydroxylation is 2. The minimum Gasteiger partial charge on any atom is -0.271 e. The number of hydrogen-bond donors (Lipinski definition) is 2. The largest absolute Gasteiger partial charge is 0.389 e. The van der Waals surface area contributed by atoms with E-state index in [1.807, 2.05) is 19.9 Å². The number of halogens is 3. The average molecular weight is 252 g/mol. The first-order chi connectivity index (χ1) is 7.33. The van der Waals surface area contributed by atoms with Crippen LogP contribution in [0.5, 0.6) is 0 Å². The summed E-state index contributed by atoms with van der Waals surface area (Å²) in [6, 6.07) is 1.47. The number of nitrogens with one attached hydrogen (secondary N) is 1. The highest BCUT2D eigenvalue weighted by atomic mass is 32.1. The van der Waals surface area contributed by atoms with Crippen molar-refractivity contribution in [1.82, 2.24) is 5.43 Å². The fourth-order valence-corrected chi connectivity index (χ4v) is 2.53. The number of hydrogen-bond acceptors (Lipinski definition) is 3. The average Bonchev–Trinajstić information content (AvgIpc) is 2.46. The molecule has 0 spiro atoms. The first-order valence-electron chi connectivity index (χ1n) is 4.93. The van der Waals surface area contributed by atoms with Crippen LogP contribution in [0.15, 0.2) is 6.07 Å². The van der Waals surface area contributed by atoms with Gasteiger partial charge in [-0.15, -0.1) is 11.3 Å². The van der Waals surface area contributed by atoms with Gasteiger partial charge in [-0.2, -0.15) is 13.2 Å². The zero-order chi connectivity index (χ0) is 12.3. The molecule has 0 aromatic carbocycles. The summed E-state index contributed by atoms with van der Waals surface area (Å²) < 4.78 is 36.3. The third-order valence-corrected chi connectivity index (χ3v) is 3.71. The molecule has 0 amide bonds. The third kappa shape index (κ3) is 3.77. The third-order valence-electron chi connectivity index (χ3n) is 2.45. The monoisotopic (exact) mass is 252 g/mol. The van der Waals surface area contributed by atoms with Gasteiger partial charge in [-0.3, -0.25) is 11.3 Å². The van der Waals surface area contributed by atoms with Crippen LogP contribution < -0.4 is 11.3 Å². The molecule has 0 bridgehead atoms. The SMILES string of the molecule is Cc1cc(C(CCC(F)(F)F)NN)sc1C. The molecule has 0 aliphatic rings. The van der Waals surface area contributed by atoms with E-state index >= 15 is 0 Å². The fraction of sp³-hybridized carbons (Fsp3) is 0.600. The molecule has 0 radical (unpaired) electrons. The van der Waals surface area contributed by atoms with Crippen LogP contribution in [-0.2, 0) is 0 Å². The Kier molecular flexibility index (Phi) is 4.35. The highest BCUT2D eigenvalue weighted by molar-refractivity contribution is 7.12. The second kappa shape index (κ2) is 5.16. The fourth-order valence-electron chi connectivity index (χ4n) is 1.39. The highest BCUT2D eigenvalue weighted by Gasteiger charge is 2.28. The number of alkyl halides is 3. The molecular formula is C10H15F3N2S. The lowest BCUT2D eigenvalue weighted by Crippen LogP contribution is -2.28. The molecule has 16 heavy (non-hydrogen) atoms. The van der Waals surface area contributed by atoms with Gasteiger partial charge in [0.25, 0.3) is 0 Å². The van der Waals surface area contributed by atoms with Crippen molar-refractivity contribution in [3.8, 4) is 0 Å². The van der Waals surface area contributed by atoms with Crippen LogP contribution in [0.3, 0.4) is 0 Å². The predicted octanol–water partition coefficient (Wildman–Crippen LogP) is 3.21. The van der Waals surface area contributed by atoms with Crippen LogP contribution in [0.2, 0.25) is 0 Å². The quantitative estimate of drug-likeness (QED) is 0.638. The number of nitrogens with two attached hydrogens (primary N) is 1. The number of thiophene rings is 1. The summed E-state index contributed by atoms with van der Waals surface area (Å²) in [5, 5.41) is 0. The summed E-state index contributed by atoms with van der Waals surface area (Å²) in [5.74, 6) is 5.28. The number of rotatable bonds is 4. The van der Waals surface area contributed by atoms with Crippen LogP contribution in [0.25, 0.3) is 0 Å². The maximum Gasteiger partial charge on any atom is 0.389 e. The maximum absolute atomic E-state index is 12.1. The minimum absolute atomic E-state index is 0.0284. The lowest BCUT2D eigenvalue weighted by Gasteiger charge is -2.15. The maximum atomic E-state index is 12.1. The van der Waals surface area contributed by atoms with Gasteiger partial charge >= 0.3 is 6.18 Å². The van der Waals surface area contributed by atoms with E-state index in [4.69, 9.17) is 5.84 Å². The normalized spacial score (nSPS) is 14.1. The molecule has 0 aliphatic carbocycles. The van der Waals surface area contributed by atoms with Crippen molar-refractivity contribution in [2.24, 2.45) is 5.84 Å². The van der Waals surface area contributed by atoms with Crippen LogP contribution in [0.1, 0.15) is 34.2 Å². The smallest absolute Gasteiger partial charge is 0.271 e. The summed E-state index contributed by atoms with van der Waals surface area (Å²) in [6.45, 7) is 3.88. The van der Waals surface area contributed by atoms with Gasteiger partial charge in [-0.1, -0.05) is 0 Å². The first kappa shape index (κ1) is 13.5. The van der Waals surface area contributed by atoms with E-state index in [1.54, 1.807) is 0 Å². The molecule has 6 heteroatoms. The van der Waals surface area contributed by atoms with Gasteiger partial charge < -0.3 is 0 Å². The topological polar surface area (TPSA) is 38.0 Å². The molecule has 0 saturated heterocycles. The van der Waals surface area contributed by atoms with Gasteiger partial charge in [-0.05, 0) is 31.9 Å². The van der Waals surface area contributed by atoms with Gasteiger partial charge in [0.05, 0.1) is 6.04 Å². The van der Waals surface area contributed by atoms with E-state index < -0.39 is 18.6 Å². The zero-order valence-electron chi connectivity index (χ0n) is 9.19. The van der Waals surface area contributed by atoms with E-state index in [2.05, 4.69) is 5.43 Å². The van der Waals surface area contributed by atoms with Crippen molar-refractivity contribution >= 4 is 11.3 Å². The van der Waals surface area contributed by atoms with E-state index in [1.165, 1.54) is 11.3 Å². The first-order valence-corrected chi connectivity index (χ1v) is 5.75. The predicted molar refractivity (Wildman–Crippen MR) is 59.1 cm³/mol. The van der Waals surface area contributed by atoms with Gasteiger partial charge in [0.2, 0.25) is 0 Å². The number of hydrazine groups is 1. The Balaban J connectivity index is 2.68. The Labute approximate surface area is 96.6 Å². The van der Waals surface area contributed by atoms with E-state index in [0.29, 0.717) is 0 Å². The molecule has 0 aliphatic heterocycles. The Bertz CT molecular complexity index is 327. The molecule has 1 aromatic heterocycles. The van der Waals surface area contributed by atoms with Crippen molar-refractivity contribution in [2.75, 3.05) is 0 Å². The lowest BCUT2D eigenvalue weighted by atomic mass is 10.1. The Hall–Kier alpha value is -0.590. The molecular weight excluding hydrogens is 237 g/mol. The van der Waals surface area contributed by atoms with Crippen molar-refractivity contribution in [2.45, 2.75) is 38.9 Å². The van der Waals surface area contributed by atoms with E-state index in [-0.39, 0.29) is 6.42 Å². The molecule has 0 fully saturated rings. The van der Waals surface area contributed by atoms with Crippen LogP contribution in [0, 0.1) is 13.8 Å². The Morgan fingerprint density at radius 2 is 2.06 bits per heavy atom. The van der Waals surface area contributed by atoms with Crippen LogP contribution in [0.4, 0.5) is 13.2 Å². The van der Waals surface area contributed by atoms with Gasteiger partial charge in [0, 0.05) is 16.2 Å². The molecule has 1 aromatic rings. The van der Waals surface area contributed by atoms with Crippen molar-refractivity contribution in [3.05, 3.63) is 21.4 Å². The van der Waals surface area contributed by atoms with Gasteiger partial charge in [0.15, 0.2) is 0 Å². The molecule has 1 heterocycles. The second-order valence-corrected chi connectivity index (χ2v) is 5.05. The van der Waals surface area contributed by atoms with Gasteiger partial charge in [-0.25, -0.2) is 0 Å². The standard InChI is InChI=1S/C10H15F3N2S/c1-6-5-9(16-7(6)2)8(15-14)3-4-10(11,12)13/h5,8,15H,3-4,14H2,1-2H3. The molecule has 92 valence electrons. The van der Waals surface area contributed by atoms with E-state index in [0.717, 1.165) is 15.3 Å². The lowest BCUT2D eigenvalue weighted by molar-refractivity contribution is -0.136. The van der Waals surface area contributed by atoms with Crippen LogP contribution in [-0.4, -0.2) is 6.18 Å². The molecule has 0 saturated carbocycles. The highest BCUT2D eigenvalue weighted by Crippen LogP contribution is 2.31. The summed E-state index contributed by atoms with van der Waals surface area (Å²) in [6.07, 6.45) is -4.98. The summed E-state index contributed by atoms with van der Waals surface area (Å²) >= 11 is 1.49. The summed E-state index contributed by atoms with van der Waals surface area (Å²) in [7, 11) is 0. The zero-order valence-corrected chi connectivity index (χ0v) is 10.0. The Morgan fingerprint density at radius 3 is 2.44 bits per heavy atom. The molecule has 1 rings (SSSR count).